The molecule has 0 aromatic carbocycles. The van der Waals surface area contributed by atoms with Gasteiger partial charge in [-0.05, 0) is 26.3 Å². The minimum atomic E-state index is 0.313. The lowest BCUT2D eigenvalue weighted by molar-refractivity contribution is 0.184. The molecule has 0 aliphatic carbocycles. The Morgan fingerprint density at radius 3 is 3.15 bits per heavy atom. The molecule has 0 amide bonds. The number of hydrogen-bond acceptors (Lipinski definition) is 6. The van der Waals surface area contributed by atoms with Gasteiger partial charge < -0.3 is 4.74 Å². The van der Waals surface area contributed by atoms with Crippen LogP contribution in [0.15, 0.2) is 5.38 Å². The number of aromatic amines is 1. The highest BCUT2D eigenvalue weighted by Gasteiger charge is 2.29. The predicted molar refractivity (Wildman–Crippen MR) is 76.3 cm³/mol. The minimum Gasteiger partial charge on any atom is -0.378 e. The molecule has 2 aromatic rings. The molecule has 1 fully saturated rings. The molecule has 0 spiro atoms. The van der Waals surface area contributed by atoms with E-state index < -0.39 is 0 Å². The number of likely N-dealkylation sites (tertiary alicyclic amines) is 1. The molecule has 1 aliphatic rings. The zero-order valence-corrected chi connectivity index (χ0v) is 12.6. The second-order valence-electron chi connectivity index (χ2n) is 5.07. The van der Waals surface area contributed by atoms with E-state index in [0.717, 1.165) is 41.9 Å². The summed E-state index contributed by atoms with van der Waals surface area (Å²) >= 11 is 1.66. The van der Waals surface area contributed by atoms with E-state index >= 15 is 0 Å². The van der Waals surface area contributed by atoms with Gasteiger partial charge in [0, 0.05) is 19.0 Å². The highest BCUT2D eigenvalue weighted by Crippen LogP contribution is 2.31. The Kier molecular flexibility index (Phi) is 4.09. The van der Waals surface area contributed by atoms with Gasteiger partial charge in [0.05, 0.1) is 18.3 Å². The number of nitrogens with one attached hydrogen (secondary N) is 1. The summed E-state index contributed by atoms with van der Waals surface area (Å²) in [6.45, 7) is 4.47. The average molecular weight is 293 g/mol. The summed E-state index contributed by atoms with van der Waals surface area (Å²) < 4.78 is 5.11. The second-order valence-corrected chi connectivity index (χ2v) is 6.02. The van der Waals surface area contributed by atoms with Gasteiger partial charge in [-0.3, -0.25) is 10.00 Å². The van der Waals surface area contributed by atoms with Crippen LogP contribution in [-0.2, 0) is 17.9 Å². The van der Waals surface area contributed by atoms with Gasteiger partial charge in [-0.25, -0.2) is 9.97 Å². The van der Waals surface area contributed by atoms with Crippen LogP contribution in [-0.4, -0.2) is 38.7 Å². The van der Waals surface area contributed by atoms with Crippen molar-refractivity contribution in [3.8, 4) is 0 Å². The summed E-state index contributed by atoms with van der Waals surface area (Å²) in [5.41, 5.74) is 1.11. The fraction of sp³-hybridized carbons (Fsp3) is 0.615. The number of ether oxygens (including phenoxy) is 1. The molecular formula is C13H19N5OS. The van der Waals surface area contributed by atoms with Crippen LogP contribution in [0.1, 0.15) is 41.2 Å². The molecule has 3 rings (SSSR count). The lowest BCUT2D eigenvalue weighted by atomic mass is 10.2. The van der Waals surface area contributed by atoms with Crippen LogP contribution < -0.4 is 0 Å². The van der Waals surface area contributed by atoms with Crippen LogP contribution in [0, 0.1) is 6.92 Å². The second kappa shape index (κ2) is 5.99. The van der Waals surface area contributed by atoms with Gasteiger partial charge in [-0.2, -0.15) is 5.10 Å². The van der Waals surface area contributed by atoms with E-state index in [4.69, 9.17) is 4.74 Å². The molecule has 0 bridgehead atoms. The van der Waals surface area contributed by atoms with Crippen LogP contribution in [0.4, 0.5) is 0 Å². The number of H-pyrrole nitrogens is 1. The van der Waals surface area contributed by atoms with Crippen LogP contribution >= 0.6 is 11.3 Å². The number of hydrogen-bond donors (Lipinski definition) is 1. The molecule has 2 aromatic heterocycles. The first kappa shape index (κ1) is 13.7. The van der Waals surface area contributed by atoms with E-state index in [-0.39, 0.29) is 0 Å². The van der Waals surface area contributed by atoms with E-state index in [1.165, 1.54) is 6.42 Å². The van der Waals surface area contributed by atoms with E-state index in [9.17, 15) is 0 Å². The summed E-state index contributed by atoms with van der Waals surface area (Å²) in [7, 11) is 1.70. The van der Waals surface area contributed by atoms with Gasteiger partial charge in [0.25, 0.3) is 0 Å². The fourth-order valence-electron chi connectivity index (χ4n) is 2.64. The number of methoxy groups -OCH3 is 1. The van der Waals surface area contributed by atoms with Crippen molar-refractivity contribution in [2.75, 3.05) is 13.7 Å². The Morgan fingerprint density at radius 1 is 1.50 bits per heavy atom. The van der Waals surface area contributed by atoms with Gasteiger partial charge in [-0.1, -0.05) is 0 Å². The van der Waals surface area contributed by atoms with Crippen LogP contribution in [0.2, 0.25) is 0 Å². The van der Waals surface area contributed by atoms with Crippen LogP contribution in [0.5, 0.6) is 0 Å². The summed E-state index contributed by atoms with van der Waals surface area (Å²) in [6.07, 6.45) is 2.31. The Hall–Kier alpha value is -1.31. The van der Waals surface area contributed by atoms with Gasteiger partial charge in [0.2, 0.25) is 0 Å². The first-order valence-electron chi connectivity index (χ1n) is 6.81. The van der Waals surface area contributed by atoms with Crippen LogP contribution in [0.25, 0.3) is 0 Å². The molecule has 1 atom stereocenters. The minimum absolute atomic E-state index is 0.313. The van der Waals surface area contributed by atoms with Gasteiger partial charge in [-0.15, -0.1) is 11.3 Å². The lowest BCUT2D eigenvalue weighted by Crippen LogP contribution is -2.23. The highest BCUT2D eigenvalue weighted by atomic mass is 32.1. The number of aryl methyl sites for hydroxylation is 1. The van der Waals surface area contributed by atoms with E-state index in [1.807, 2.05) is 6.92 Å². The van der Waals surface area contributed by atoms with Gasteiger partial charge >= 0.3 is 0 Å². The van der Waals surface area contributed by atoms with Crippen molar-refractivity contribution in [2.45, 2.75) is 39.0 Å². The average Bonchev–Trinajstić information content (AvgIpc) is 3.12. The standard InChI is InChI=1S/C13H19N5OS/c1-9-14-13(17-16-9)11-4-3-5-18(11)6-10-8-20-12(15-10)7-19-2/h8,11H,3-7H2,1-2H3,(H,14,16,17)/t11-/m1/s1. The molecule has 20 heavy (non-hydrogen) atoms. The van der Waals surface area contributed by atoms with E-state index in [0.29, 0.717) is 12.6 Å². The Balaban J connectivity index is 1.69. The smallest absolute Gasteiger partial charge is 0.167 e. The van der Waals surface area contributed by atoms with Crippen molar-refractivity contribution in [1.82, 2.24) is 25.1 Å². The lowest BCUT2D eigenvalue weighted by Gasteiger charge is -2.20. The topological polar surface area (TPSA) is 66.9 Å². The maximum absolute atomic E-state index is 5.11. The molecule has 1 N–H and O–H groups in total. The first-order chi connectivity index (χ1) is 9.76. The predicted octanol–water partition coefficient (Wildman–Crippen LogP) is 2.05. The number of aromatic nitrogens is 4. The first-order valence-corrected chi connectivity index (χ1v) is 7.69. The highest BCUT2D eigenvalue weighted by molar-refractivity contribution is 7.09. The Morgan fingerprint density at radius 2 is 2.40 bits per heavy atom. The zero-order valence-electron chi connectivity index (χ0n) is 11.8. The molecule has 6 nitrogen and oxygen atoms in total. The van der Waals surface area contributed by atoms with Crippen LogP contribution in [0.3, 0.4) is 0 Å². The molecular weight excluding hydrogens is 274 g/mol. The summed E-state index contributed by atoms with van der Waals surface area (Å²) in [5, 5.41) is 10.4. The largest absolute Gasteiger partial charge is 0.378 e. The summed E-state index contributed by atoms with van der Waals surface area (Å²) in [6, 6.07) is 0.313. The molecule has 0 unspecified atom stereocenters. The van der Waals surface area contributed by atoms with Crippen molar-refractivity contribution >= 4 is 11.3 Å². The quantitative estimate of drug-likeness (QED) is 0.914. The third-order valence-corrected chi connectivity index (χ3v) is 4.38. The Bertz CT molecular complexity index is 567. The zero-order chi connectivity index (χ0) is 13.9. The van der Waals surface area contributed by atoms with Crippen molar-refractivity contribution in [1.29, 1.82) is 0 Å². The monoisotopic (exact) mass is 293 g/mol. The number of nitrogens with zero attached hydrogens (tertiary/aromatic N) is 4. The molecule has 7 heteroatoms. The number of rotatable bonds is 5. The van der Waals surface area contributed by atoms with Crippen molar-refractivity contribution in [2.24, 2.45) is 0 Å². The Labute approximate surface area is 122 Å². The van der Waals surface area contributed by atoms with Crippen molar-refractivity contribution in [3.63, 3.8) is 0 Å². The van der Waals surface area contributed by atoms with Crippen molar-refractivity contribution in [3.05, 3.63) is 27.7 Å². The summed E-state index contributed by atoms with van der Waals surface area (Å²) in [5.74, 6) is 1.79. The molecule has 3 heterocycles. The molecule has 0 saturated carbocycles. The fourth-order valence-corrected chi connectivity index (χ4v) is 3.39. The van der Waals surface area contributed by atoms with E-state index in [1.54, 1.807) is 18.4 Å². The summed E-state index contributed by atoms with van der Waals surface area (Å²) in [4.78, 5) is 11.5. The third kappa shape index (κ3) is 2.89. The number of thiazole rings is 1. The molecule has 1 aliphatic heterocycles. The normalized spacial score (nSPS) is 19.8. The molecule has 0 radical (unpaired) electrons. The van der Waals surface area contributed by atoms with Crippen molar-refractivity contribution < 1.29 is 4.74 Å². The third-order valence-electron chi connectivity index (χ3n) is 3.51. The molecule has 1 saturated heterocycles. The maximum atomic E-state index is 5.11. The van der Waals surface area contributed by atoms with Gasteiger partial charge in [0.1, 0.15) is 10.8 Å². The maximum Gasteiger partial charge on any atom is 0.167 e. The van der Waals surface area contributed by atoms with Gasteiger partial charge in [0.15, 0.2) is 5.82 Å². The SMILES string of the molecule is COCc1nc(CN2CCC[C@@H]2c2n[nH]c(C)n2)cs1. The van der Waals surface area contributed by atoms with E-state index in [2.05, 4.69) is 30.4 Å². The molecule has 108 valence electrons.